The number of benzene rings is 2. The van der Waals surface area contributed by atoms with Crippen LogP contribution in [0.3, 0.4) is 0 Å². The number of oxime groups is 1. The van der Waals surface area contributed by atoms with Gasteiger partial charge in [0.2, 0.25) is 0 Å². The van der Waals surface area contributed by atoms with E-state index in [1.54, 1.807) is 13.2 Å². The molecule has 2 aromatic rings. The average Bonchev–Trinajstić information content (AvgIpc) is 2.75. The summed E-state index contributed by atoms with van der Waals surface area (Å²) in [6.07, 6.45) is 0.828. The molecule has 2 aromatic carbocycles. The molecule has 0 saturated heterocycles. The number of imide groups is 1. The fourth-order valence-electron chi connectivity index (χ4n) is 2.06. The maximum Gasteiger partial charge on any atom is 0.447 e. The summed E-state index contributed by atoms with van der Waals surface area (Å²) < 4.78 is 29.6. The predicted molar refractivity (Wildman–Crippen MR) is 122 cm³/mol. The van der Waals surface area contributed by atoms with Gasteiger partial charge in [-0.05, 0) is 49.6 Å². The van der Waals surface area contributed by atoms with Crippen molar-refractivity contribution in [3.05, 3.63) is 64.7 Å². The lowest BCUT2D eigenvalue weighted by Crippen LogP contribution is -2.42. The van der Waals surface area contributed by atoms with Gasteiger partial charge >= 0.3 is 12.1 Å². The Labute approximate surface area is 196 Å². The lowest BCUT2D eigenvalue weighted by Gasteiger charge is -2.25. The van der Waals surface area contributed by atoms with Crippen LogP contribution in [0, 0.1) is 11.6 Å². The number of carbonyl (C=O) groups excluding carboxylic acids is 3. The van der Waals surface area contributed by atoms with Gasteiger partial charge in [-0.2, -0.15) is 0 Å². The lowest BCUT2D eigenvalue weighted by atomic mass is 10.2. The number of hydrogen-bond acceptors (Lipinski definition) is 7. The largest absolute Gasteiger partial charge is 0.447 e. The Morgan fingerprint density at radius 2 is 1.69 bits per heavy atom. The van der Waals surface area contributed by atoms with E-state index in [0.29, 0.717) is 22.2 Å². The second-order valence-electron chi connectivity index (χ2n) is 5.88. The minimum absolute atomic E-state index is 0.210. The number of anilines is 1. The van der Waals surface area contributed by atoms with E-state index in [1.165, 1.54) is 43.1 Å². The Hall–Kier alpha value is -2.83. The zero-order valence-electron chi connectivity index (χ0n) is 17.0. The van der Waals surface area contributed by atoms with Crippen LogP contribution in [0.25, 0.3) is 0 Å². The van der Waals surface area contributed by atoms with Gasteiger partial charge in [-0.1, -0.05) is 22.8 Å². The molecule has 1 N–H and O–H groups in total. The van der Waals surface area contributed by atoms with Crippen molar-refractivity contribution in [2.45, 2.75) is 6.92 Å². The second kappa shape index (κ2) is 11.7. The number of hydrogen-bond donors (Lipinski definition) is 1. The number of carbonyl (C=O) groups is 3. The van der Waals surface area contributed by atoms with E-state index in [2.05, 4.69) is 5.16 Å². The normalized spacial score (nSPS) is 11.0. The van der Waals surface area contributed by atoms with Crippen LogP contribution in [-0.2, 0) is 4.84 Å². The molecule has 0 heterocycles. The first kappa shape index (κ1) is 25.4. The molecule has 0 aliphatic rings. The standard InChI is InChI=1S/C19H17ClF2N4O4S2/c1-11(31-3)24-30-19(29)25(2)32-26(13-9-7-12(20)8-10-13)18(28)23-17(27)16-14(21)5-4-6-15(16)22/h4-10H,1-3H3,(H,23,27,28)/b24-11+. The average molecular weight is 503 g/mol. The van der Waals surface area contributed by atoms with E-state index in [1.807, 2.05) is 5.32 Å². The van der Waals surface area contributed by atoms with Crippen LogP contribution >= 0.6 is 35.5 Å². The summed E-state index contributed by atoms with van der Waals surface area (Å²) in [6, 6.07) is 7.61. The van der Waals surface area contributed by atoms with E-state index in [-0.39, 0.29) is 5.69 Å². The molecule has 4 amide bonds. The molecule has 0 aromatic heterocycles. The van der Waals surface area contributed by atoms with Gasteiger partial charge < -0.3 is 0 Å². The van der Waals surface area contributed by atoms with Gasteiger partial charge in [0.15, 0.2) is 0 Å². The summed E-state index contributed by atoms with van der Waals surface area (Å²) >= 11 is 7.68. The molecular formula is C19H17ClF2N4O4S2. The van der Waals surface area contributed by atoms with Crippen molar-refractivity contribution in [1.82, 2.24) is 9.62 Å². The van der Waals surface area contributed by atoms with E-state index >= 15 is 0 Å². The van der Waals surface area contributed by atoms with E-state index < -0.39 is 35.2 Å². The van der Waals surface area contributed by atoms with Crippen LogP contribution in [0.4, 0.5) is 24.1 Å². The highest BCUT2D eigenvalue weighted by Gasteiger charge is 2.27. The number of nitrogens with zero attached hydrogens (tertiary/aromatic N) is 3. The number of amides is 4. The minimum atomic E-state index is -1.30. The van der Waals surface area contributed by atoms with Gasteiger partial charge in [-0.3, -0.25) is 14.9 Å². The van der Waals surface area contributed by atoms with Crippen LogP contribution < -0.4 is 9.62 Å². The number of halogens is 3. The molecule has 13 heteroatoms. The third kappa shape index (κ3) is 6.84. The van der Waals surface area contributed by atoms with Gasteiger partial charge in [0.25, 0.3) is 5.91 Å². The Morgan fingerprint density at radius 1 is 1.09 bits per heavy atom. The van der Waals surface area contributed by atoms with E-state index in [4.69, 9.17) is 16.4 Å². The minimum Gasteiger partial charge on any atom is -0.296 e. The molecule has 0 aliphatic carbocycles. The van der Waals surface area contributed by atoms with Crippen molar-refractivity contribution in [1.29, 1.82) is 0 Å². The first-order chi connectivity index (χ1) is 15.1. The number of rotatable bonds is 5. The monoisotopic (exact) mass is 502 g/mol. The van der Waals surface area contributed by atoms with Crippen LogP contribution in [0.5, 0.6) is 0 Å². The van der Waals surface area contributed by atoms with Crippen molar-refractivity contribution in [2.24, 2.45) is 5.16 Å². The SMILES string of the molecule is CS/C(C)=N/OC(=O)N(C)SN(C(=O)NC(=O)c1c(F)cccc1F)c1ccc(Cl)cc1. The molecule has 8 nitrogen and oxygen atoms in total. The van der Waals surface area contributed by atoms with Gasteiger partial charge in [0, 0.05) is 12.1 Å². The first-order valence-corrected chi connectivity index (χ1v) is 11.0. The smallest absolute Gasteiger partial charge is 0.296 e. The first-order valence-electron chi connectivity index (χ1n) is 8.70. The van der Waals surface area contributed by atoms with Crippen molar-refractivity contribution in [3.63, 3.8) is 0 Å². The summed E-state index contributed by atoms with van der Waals surface area (Å²) in [7, 11) is 1.30. The molecule has 2 rings (SSSR count). The summed E-state index contributed by atoms with van der Waals surface area (Å²) in [6.45, 7) is 1.63. The van der Waals surface area contributed by atoms with Gasteiger partial charge in [-0.25, -0.2) is 27.0 Å². The fraction of sp³-hybridized carbons (Fsp3) is 0.158. The highest BCUT2D eigenvalue weighted by Crippen LogP contribution is 2.27. The highest BCUT2D eigenvalue weighted by atomic mass is 35.5. The zero-order valence-corrected chi connectivity index (χ0v) is 19.4. The summed E-state index contributed by atoms with van der Waals surface area (Å²) in [5, 5.41) is 6.37. The van der Waals surface area contributed by atoms with Gasteiger partial charge in [0.1, 0.15) is 22.2 Å². The summed E-state index contributed by atoms with van der Waals surface area (Å²) in [5.41, 5.74) is -0.710. The van der Waals surface area contributed by atoms with Crippen LogP contribution in [-0.4, -0.2) is 40.7 Å². The predicted octanol–water partition coefficient (Wildman–Crippen LogP) is 5.30. The number of nitrogens with one attached hydrogen (secondary N) is 1. The number of thioether (sulfide) groups is 1. The van der Waals surface area contributed by atoms with Crippen molar-refractivity contribution in [3.8, 4) is 0 Å². The van der Waals surface area contributed by atoms with Gasteiger partial charge in [0.05, 0.1) is 17.8 Å². The summed E-state index contributed by atoms with van der Waals surface area (Å²) in [5.74, 6) is -3.57. The van der Waals surface area contributed by atoms with Crippen LogP contribution in [0.1, 0.15) is 17.3 Å². The molecule has 0 radical (unpaired) electrons. The maximum absolute atomic E-state index is 13.9. The molecular weight excluding hydrogens is 486 g/mol. The Bertz CT molecular complexity index is 1020. The molecule has 0 spiro atoms. The molecule has 0 bridgehead atoms. The van der Waals surface area contributed by atoms with Crippen LogP contribution in [0.2, 0.25) is 5.02 Å². The van der Waals surface area contributed by atoms with Gasteiger partial charge in [-0.15, -0.1) is 11.8 Å². The topological polar surface area (TPSA) is 91.3 Å². The Balaban J connectivity index is 2.25. The lowest BCUT2D eigenvalue weighted by molar-refractivity contribution is 0.0958. The van der Waals surface area contributed by atoms with Crippen molar-refractivity contribution in [2.75, 3.05) is 17.6 Å². The Morgan fingerprint density at radius 3 is 2.25 bits per heavy atom. The molecule has 0 fully saturated rings. The molecule has 0 saturated carbocycles. The second-order valence-corrected chi connectivity index (χ2v) is 8.39. The molecule has 32 heavy (non-hydrogen) atoms. The van der Waals surface area contributed by atoms with Crippen molar-refractivity contribution >= 4 is 64.3 Å². The Kier molecular flexibility index (Phi) is 9.29. The highest BCUT2D eigenvalue weighted by molar-refractivity contribution is 8.13. The quantitative estimate of drug-likeness (QED) is 0.196. The third-order valence-corrected chi connectivity index (χ3v) is 5.52. The molecule has 170 valence electrons. The zero-order chi connectivity index (χ0) is 23.8. The molecule has 0 atom stereocenters. The van der Waals surface area contributed by atoms with Crippen molar-refractivity contribution < 1.29 is 28.0 Å². The molecule has 0 aliphatic heterocycles. The maximum atomic E-state index is 13.9. The summed E-state index contributed by atoms with van der Waals surface area (Å²) in [4.78, 5) is 42.0. The van der Waals surface area contributed by atoms with Crippen LogP contribution in [0.15, 0.2) is 47.6 Å². The third-order valence-electron chi connectivity index (χ3n) is 3.66. The molecule has 0 unspecified atom stereocenters. The van der Waals surface area contributed by atoms with E-state index in [9.17, 15) is 23.2 Å². The van der Waals surface area contributed by atoms with E-state index in [0.717, 1.165) is 26.8 Å². The fourth-order valence-corrected chi connectivity index (χ4v) is 2.98. The number of urea groups is 1.